The van der Waals surface area contributed by atoms with Crippen LogP contribution in [0.5, 0.6) is 0 Å². The van der Waals surface area contributed by atoms with E-state index < -0.39 is 0 Å². The molecular formula is C16H16N6S. The summed E-state index contributed by atoms with van der Waals surface area (Å²) in [6.07, 6.45) is 5.28. The molecule has 0 aliphatic rings. The number of hydrogen-bond donors (Lipinski definition) is 1. The van der Waals surface area contributed by atoms with E-state index >= 15 is 0 Å². The molecule has 2 heterocycles. The van der Waals surface area contributed by atoms with Gasteiger partial charge in [-0.15, -0.1) is 0 Å². The fourth-order valence-electron chi connectivity index (χ4n) is 2.25. The molecule has 0 atom stereocenters. The molecular weight excluding hydrogens is 308 g/mol. The predicted molar refractivity (Wildman–Crippen MR) is 96.1 cm³/mol. The molecule has 1 aromatic carbocycles. The van der Waals surface area contributed by atoms with Crippen LogP contribution >= 0.6 is 12.2 Å². The highest BCUT2D eigenvalue weighted by molar-refractivity contribution is 7.80. The van der Waals surface area contributed by atoms with Gasteiger partial charge in [0.25, 0.3) is 0 Å². The van der Waals surface area contributed by atoms with Gasteiger partial charge in [0.1, 0.15) is 0 Å². The number of nitrogens with zero attached hydrogens (tertiary/aromatic N) is 5. The summed E-state index contributed by atoms with van der Waals surface area (Å²) in [5.74, 6) is 0. The van der Waals surface area contributed by atoms with Crippen LogP contribution in [0.4, 0.5) is 0 Å². The predicted octanol–water partition coefficient (Wildman–Crippen LogP) is 2.14. The summed E-state index contributed by atoms with van der Waals surface area (Å²) in [5, 5.41) is 6.96. The van der Waals surface area contributed by atoms with Gasteiger partial charge in [-0.1, -0.05) is 18.2 Å². The van der Waals surface area contributed by atoms with Crippen LogP contribution in [0, 0.1) is 0 Å². The van der Waals surface area contributed by atoms with Crippen LogP contribution in [0.25, 0.3) is 22.3 Å². The molecule has 0 bridgehead atoms. The van der Waals surface area contributed by atoms with Crippen molar-refractivity contribution in [2.45, 2.75) is 0 Å². The SMILES string of the molecule is CN(/N=C/c1cc(-c2cncn2C)nc2ccccc12)C(N)=S. The standard InChI is InChI=1S/C16H16N6S/c1-21-10-18-9-15(21)14-7-11(8-19-22(2)16(17)23)12-5-3-4-6-13(12)20-14/h3-10H,1-2H3,(H2,17,23)/b19-8+. The number of hydrazone groups is 1. The summed E-state index contributed by atoms with van der Waals surface area (Å²) in [7, 11) is 3.65. The monoisotopic (exact) mass is 324 g/mol. The van der Waals surface area contributed by atoms with Crippen molar-refractivity contribution in [3.8, 4) is 11.4 Å². The number of benzene rings is 1. The Bertz CT molecular complexity index is 898. The Labute approximate surface area is 139 Å². The zero-order chi connectivity index (χ0) is 16.4. The number of aromatic nitrogens is 3. The van der Waals surface area contributed by atoms with Crippen LogP contribution in [0.1, 0.15) is 5.56 Å². The number of imidazole rings is 1. The van der Waals surface area contributed by atoms with Crippen LogP contribution in [-0.4, -0.2) is 37.9 Å². The third-order valence-corrected chi connectivity index (χ3v) is 3.78. The van der Waals surface area contributed by atoms with E-state index in [0.29, 0.717) is 0 Å². The van der Waals surface area contributed by atoms with Gasteiger partial charge in [0.15, 0.2) is 5.11 Å². The summed E-state index contributed by atoms with van der Waals surface area (Å²) >= 11 is 4.90. The Morgan fingerprint density at radius 1 is 1.39 bits per heavy atom. The largest absolute Gasteiger partial charge is 0.375 e. The van der Waals surface area contributed by atoms with Crippen molar-refractivity contribution < 1.29 is 0 Å². The average Bonchev–Trinajstić information content (AvgIpc) is 2.98. The molecule has 0 saturated carbocycles. The smallest absolute Gasteiger partial charge is 0.186 e. The third-order valence-electron chi connectivity index (χ3n) is 3.52. The first-order chi connectivity index (χ1) is 11.1. The van der Waals surface area contributed by atoms with E-state index in [1.807, 2.05) is 41.9 Å². The van der Waals surface area contributed by atoms with E-state index in [2.05, 4.69) is 10.1 Å². The Balaban J connectivity index is 2.15. The lowest BCUT2D eigenvalue weighted by Gasteiger charge is -2.10. The van der Waals surface area contributed by atoms with Gasteiger partial charge in [0.05, 0.1) is 35.6 Å². The van der Waals surface area contributed by atoms with Gasteiger partial charge < -0.3 is 10.3 Å². The molecule has 2 N–H and O–H groups in total. The molecule has 23 heavy (non-hydrogen) atoms. The summed E-state index contributed by atoms with van der Waals surface area (Å²) in [5.41, 5.74) is 9.17. The van der Waals surface area contributed by atoms with Crippen LogP contribution in [-0.2, 0) is 7.05 Å². The molecule has 7 heteroatoms. The van der Waals surface area contributed by atoms with Gasteiger partial charge in [-0.2, -0.15) is 5.10 Å². The second-order valence-corrected chi connectivity index (χ2v) is 5.53. The van der Waals surface area contributed by atoms with Crippen LogP contribution in [0.2, 0.25) is 0 Å². The molecule has 0 saturated heterocycles. The summed E-state index contributed by atoms with van der Waals surface area (Å²) in [6.45, 7) is 0. The van der Waals surface area contributed by atoms with Crippen LogP contribution in [0.15, 0.2) is 48.0 Å². The molecule has 0 aliphatic heterocycles. The number of thiocarbonyl (C=S) groups is 1. The zero-order valence-corrected chi connectivity index (χ0v) is 13.7. The number of para-hydroxylation sites is 1. The van der Waals surface area contributed by atoms with Crippen molar-refractivity contribution in [3.63, 3.8) is 0 Å². The van der Waals surface area contributed by atoms with E-state index in [9.17, 15) is 0 Å². The fourth-order valence-corrected chi connectivity index (χ4v) is 2.30. The van der Waals surface area contributed by atoms with E-state index in [-0.39, 0.29) is 5.11 Å². The molecule has 116 valence electrons. The highest BCUT2D eigenvalue weighted by Gasteiger charge is 2.09. The van der Waals surface area contributed by atoms with Crippen molar-refractivity contribution >= 4 is 34.4 Å². The molecule has 0 amide bonds. The van der Waals surface area contributed by atoms with Gasteiger partial charge in [0.2, 0.25) is 0 Å². The molecule has 3 rings (SSSR count). The highest BCUT2D eigenvalue weighted by atomic mass is 32.1. The molecule has 2 aromatic heterocycles. The summed E-state index contributed by atoms with van der Waals surface area (Å²) < 4.78 is 1.93. The van der Waals surface area contributed by atoms with E-state index in [1.165, 1.54) is 5.01 Å². The molecule has 6 nitrogen and oxygen atoms in total. The van der Waals surface area contributed by atoms with Gasteiger partial charge in [-0.3, -0.25) is 0 Å². The maximum absolute atomic E-state index is 5.56. The number of rotatable bonds is 3. The molecule has 3 aromatic rings. The Morgan fingerprint density at radius 3 is 2.87 bits per heavy atom. The average molecular weight is 324 g/mol. The minimum absolute atomic E-state index is 0.214. The Kier molecular flexibility index (Phi) is 4.03. The van der Waals surface area contributed by atoms with Crippen molar-refractivity contribution in [2.75, 3.05) is 7.05 Å². The van der Waals surface area contributed by atoms with Gasteiger partial charge >= 0.3 is 0 Å². The number of fused-ring (bicyclic) bond motifs is 1. The van der Waals surface area contributed by atoms with Gasteiger partial charge in [0, 0.05) is 25.0 Å². The quantitative estimate of drug-likeness (QED) is 0.454. The molecule has 0 radical (unpaired) electrons. The van der Waals surface area contributed by atoms with Crippen LogP contribution < -0.4 is 5.73 Å². The van der Waals surface area contributed by atoms with Gasteiger partial charge in [-0.25, -0.2) is 15.0 Å². The Hall–Kier alpha value is -2.80. The first kappa shape index (κ1) is 15.1. The fraction of sp³-hybridized carbons (Fsp3) is 0.125. The number of hydrogen-bond acceptors (Lipinski definition) is 4. The summed E-state index contributed by atoms with van der Waals surface area (Å²) in [4.78, 5) is 8.87. The van der Waals surface area contributed by atoms with Crippen LogP contribution in [0.3, 0.4) is 0 Å². The maximum Gasteiger partial charge on any atom is 0.186 e. The molecule has 0 aliphatic carbocycles. The Morgan fingerprint density at radius 2 is 2.17 bits per heavy atom. The lowest BCUT2D eigenvalue weighted by molar-refractivity contribution is 0.552. The zero-order valence-electron chi connectivity index (χ0n) is 12.8. The van der Waals surface area contributed by atoms with Gasteiger partial charge in [-0.05, 0) is 24.4 Å². The number of nitrogens with two attached hydrogens (primary N) is 1. The van der Waals surface area contributed by atoms with Crippen molar-refractivity contribution in [2.24, 2.45) is 17.9 Å². The van der Waals surface area contributed by atoms with Crippen molar-refractivity contribution in [3.05, 3.63) is 48.4 Å². The minimum atomic E-state index is 0.214. The first-order valence-electron chi connectivity index (χ1n) is 7.00. The lowest BCUT2D eigenvalue weighted by Crippen LogP contribution is -2.27. The second kappa shape index (κ2) is 6.13. The molecule has 0 fully saturated rings. The van der Waals surface area contributed by atoms with E-state index in [1.54, 1.807) is 25.8 Å². The second-order valence-electron chi connectivity index (χ2n) is 5.11. The van der Waals surface area contributed by atoms with Crippen molar-refractivity contribution in [1.29, 1.82) is 0 Å². The maximum atomic E-state index is 5.56. The molecule has 0 spiro atoms. The lowest BCUT2D eigenvalue weighted by atomic mass is 10.1. The molecule has 0 unspecified atom stereocenters. The van der Waals surface area contributed by atoms with E-state index in [4.69, 9.17) is 22.9 Å². The highest BCUT2D eigenvalue weighted by Crippen LogP contribution is 2.23. The third kappa shape index (κ3) is 3.04. The summed E-state index contributed by atoms with van der Waals surface area (Å²) in [6, 6.07) is 9.91. The van der Waals surface area contributed by atoms with Crippen molar-refractivity contribution in [1.82, 2.24) is 19.5 Å². The van der Waals surface area contributed by atoms with E-state index in [0.717, 1.165) is 27.9 Å². The number of pyridine rings is 1. The normalized spacial score (nSPS) is 11.2. The first-order valence-corrected chi connectivity index (χ1v) is 7.40. The number of aryl methyl sites for hydroxylation is 1. The minimum Gasteiger partial charge on any atom is -0.375 e. The topological polar surface area (TPSA) is 72.3 Å².